The summed E-state index contributed by atoms with van der Waals surface area (Å²) < 4.78 is 14.3. The minimum Gasteiger partial charge on any atom is -0.370 e. The van der Waals surface area contributed by atoms with Gasteiger partial charge in [-0.25, -0.2) is 9.29 Å². The van der Waals surface area contributed by atoms with E-state index in [0.29, 0.717) is 17.7 Å². The molecule has 9 nitrogen and oxygen atoms in total. The first-order chi connectivity index (χ1) is 16.8. The van der Waals surface area contributed by atoms with E-state index in [4.69, 9.17) is 5.73 Å². The molecule has 6 rings (SSSR count). The molecule has 3 aliphatic heterocycles. The van der Waals surface area contributed by atoms with Gasteiger partial charge in [-0.2, -0.15) is 5.26 Å². The van der Waals surface area contributed by atoms with Gasteiger partial charge in [0.2, 0.25) is 23.6 Å². The maximum absolute atomic E-state index is 14.3. The lowest BCUT2D eigenvalue weighted by Crippen LogP contribution is -2.53. The van der Waals surface area contributed by atoms with E-state index in [1.165, 1.54) is 23.5 Å². The number of halogens is 1. The van der Waals surface area contributed by atoms with E-state index in [9.17, 15) is 28.8 Å². The van der Waals surface area contributed by atoms with Gasteiger partial charge >= 0.3 is 0 Å². The number of aryl methyl sites for hydroxylation is 1. The predicted octanol–water partition coefficient (Wildman–Crippen LogP) is 1.44. The van der Waals surface area contributed by atoms with Crippen molar-refractivity contribution in [2.75, 3.05) is 10.2 Å². The topological polar surface area (TPSA) is 145 Å². The van der Waals surface area contributed by atoms with Crippen LogP contribution in [0.4, 0.5) is 15.1 Å². The molecule has 11 heteroatoms. The summed E-state index contributed by atoms with van der Waals surface area (Å²) in [5.74, 6) is -5.48. The molecule has 0 unspecified atom stereocenters. The van der Waals surface area contributed by atoms with Crippen molar-refractivity contribution in [3.05, 3.63) is 45.6 Å². The van der Waals surface area contributed by atoms with Crippen LogP contribution in [-0.4, -0.2) is 29.7 Å². The fourth-order valence-corrected chi connectivity index (χ4v) is 7.54. The lowest BCUT2D eigenvalue weighted by molar-refractivity contribution is -0.130. The monoisotopic (exact) mass is 493 g/mol. The molecule has 4 amide bonds. The number of hydrogen-bond acceptors (Lipinski definition) is 7. The van der Waals surface area contributed by atoms with Crippen LogP contribution in [0.3, 0.4) is 0 Å². The second-order valence-corrected chi connectivity index (χ2v) is 10.5. The average Bonchev–Trinajstić information content (AvgIpc) is 3.50. The number of benzene rings is 1. The molecule has 4 aliphatic rings. The summed E-state index contributed by atoms with van der Waals surface area (Å²) >= 11 is 1.25. The Balaban J connectivity index is 1.53. The normalized spacial score (nSPS) is 28.6. The van der Waals surface area contributed by atoms with Crippen LogP contribution in [-0.2, 0) is 37.6 Å². The molecule has 2 aromatic rings. The first-order valence-electron chi connectivity index (χ1n) is 11.4. The minimum atomic E-state index is -1.74. The Morgan fingerprint density at radius 3 is 2.77 bits per heavy atom. The Kier molecular flexibility index (Phi) is 4.65. The van der Waals surface area contributed by atoms with Crippen LogP contribution in [0.1, 0.15) is 40.8 Å². The second-order valence-electron chi connectivity index (χ2n) is 9.39. The second kappa shape index (κ2) is 7.44. The number of fused-ring (bicyclic) bond motifs is 5. The maximum atomic E-state index is 14.3. The van der Waals surface area contributed by atoms with Crippen molar-refractivity contribution in [1.82, 2.24) is 5.32 Å². The number of rotatable bonds is 3. The Morgan fingerprint density at radius 1 is 1.26 bits per heavy atom. The summed E-state index contributed by atoms with van der Waals surface area (Å²) in [6.45, 7) is 0. The minimum absolute atomic E-state index is 0.207. The molecule has 0 saturated carbocycles. The number of nitrogens with two attached hydrogens (primary N) is 1. The fraction of sp³-hybridized carbons (Fsp3) is 0.375. The molecule has 1 aliphatic carbocycles. The number of carbonyl (C=O) groups is 4. The summed E-state index contributed by atoms with van der Waals surface area (Å²) in [5, 5.41) is 15.9. The summed E-state index contributed by atoms with van der Waals surface area (Å²) in [5.41, 5.74) is 5.40. The number of primary amides is 1. The van der Waals surface area contributed by atoms with E-state index in [1.807, 2.05) is 0 Å². The highest BCUT2D eigenvalue weighted by Crippen LogP contribution is 2.55. The number of nitriles is 1. The van der Waals surface area contributed by atoms with Crippen molar-refractivity contribution in [2.45, 2.75) is 43.7 Å². The van der Waals surface area contributed by atoms with Gasteiger partial charge in [-0.15, -0.1) is 11.3 Å². The van der Waals surface area contributed by atoms with Gasteiger partial charge in [0.1, 0.15) is 22.4 Å². The Hall–Kier alpha value is -3.62. The molecule has 1 aromatic heterocycles. The Labute approximate surface area is 203 Å². The fourth-order valence-electron chi connectivity index (χ4n) is 6.19. The number of thiophene rings is 1. The van der Waals surface area contributed by atoms with Gasteiger partial charge in [0.15, 0.2) is 0 Å². The Morgan fingerprint density at radius 2 is 2.03 bits per heavy atom. The molecule has 1 spiro atoms. The van der Waals surface area contributed by atoms with Gasteiger partial charge in [0.25, 0.3) is 0 Å². The molecular formula is C24H20FN5O4S. The molecule has 2 saturated heterocycles. The van der Waals surface area contributed by atoms with Gasteiger partial charge in [0.05, 0.1) is 17.4 Å². The molecule has 4 atom stereocenters. The highest BCUT2D eigenvalue weighted by Gasteiger charge is 2.71. The SMILES string of the molecule is N#Cc1c(N2C(=O)[C@H]3[C@@H](C2=O)[C@@]2(N[C@@H]3CC(N)=O)C(=O)Nc3ccc(F)cc32)sc2c1CCCC2. The summed E-state index contributed by atoms with van der Waals surface area (Å²) in [6.07, 6.45) is 3.05. The van der Waals surface area contributed by atoms with Crippen LogP contribution < -0.4 is 21.3 Å². The molecule has 2 fully saturated rings. The number of amides is 4. The molecule has 0 bridgehead atoms. The standard InChI is InChI=1S/C24H20FN5O4S/c25-10-5-6-14-13(7-10)24(23(34)28-14)19-18(15(29-24)8-17(27)31)20(32)30(21(19)33)22-12(9-26)11-3-1-2-4-16(11)35-22/h5-7,15,18-19,29H,1-4,8H2,(H2,27,31)(H,28,34)/t15-,18-,19+,24-/m1/s1. The number of hydrogen-bond donors (Lipinski definition) is 3. The summed E-state index contributed by atoms with van der Waals surface area (Å²) in [6, 6.07) is 5.00. The number of nitrogens with zero attached hydrogens (tertiary/aromatic N) is 2. The maximum Gasteiger partial charge on any atom is 0.250 e. The van der Waals surface area contributed by atoms with E-state index in [2.05, 4.69) is 16.7 Å². The molecule has 35 heavy (non-hydrogen) atoms. The summed E-state index contributed by atoms with van der Waals surface area (Å²) in [4.78, 5) is 55.0. The van der Waals surface area contributed by atoms with Crippen molar-refractivity contribution in [1.29, 1.82) is 5.26 Å². The molecule has 0 radical (unpaired) electrons. The van der Waals surface area contributed by atoms with Crippen LogP contribution in [0.2, 0.25) is 0 Å². The number of carbonyl (C=O) groups excluding carboxylic acids is 4. The highest BCUT2D eigenvalue weighted by atomic mass is 32.1. The molecule has 4 N–H and O–H groups in total. The van der Waals surface area contributed by atoms with Gasteiger partial charge in [-0.1, -0.05) is 0 Å². The van der Waals surface area contributed by atoms with E-state index < -0.39 is 52.9 Å². The lowest BCUT2D eigenvalue weighted by atomic mass is 9.76. The lowest BCUT2D eigenvalue weighted by Gasteiger charge is -2.29. The van der Waals surface area contributed by atoms with Crippen molar-refractivity contribution in [3.8, 4) is 6.07 Å². The van der Waals surface area contributed by atoms with E-state index >= 15 is 0 Å². The number of anilines is 2. The van der Waals surface area contributed by atoms with Gasteiger partial charge < -0.3 is 11.1 Å². The van der Waals surface area contributed by atoms with Gasteiger partial charge in [-0.05, 0) is 49.4 Å². The zero-order valence-corrected chi connectivity index (χ0v) is 19.2. The van der Waals surface area contributed by atoms with Crippen LogP contribution >= 0.6 is 11.3 Å². The highest BCUT2D eigenvalue weighted by molar-refractivity contribution is 7.17. The van der Waals surface area contributed by atoms with E-state index in [-0.39, 0.29) is 17.0 Å². The van der Waals surface area contributed by atoms with Crippen molar-refractivity contribution in [3.63, 3.8) is 0 Å². The average molecular weight is 494 g/mol. The van der Waals surface area contributed by atoms with Crippen LogP contribution in [0.5, 0.6) is 0 Å². The van der Waals surface area contributed by atoms with Crippen LogP contribution in [0.15, 0.2) is 18.2 Å². The van der Waals surface area contributed by atoms with Gasteiger partial charge in [0, 0.05) is 28.6 Å². The first kappa shape index (κ1) is 21.9. The number of nitrogens with one attached hydrogen (secondary N) is 2. The predicted molar refractivity (Wildman–Crippen MR) is 123 cm³/mol. The van der Waals surface area contributed by atoms with Crippen molar-refractivity contribution >= 4 is 45.7 Å². The zero-order chi connectivity index (χ0) is 24.6. The number of imide groups is 1. The third-order valence-corrected chi connectivity index (χ3v) is 8.84. The largest absolute Gasteiger partial charge is 0.370 e. The third kappa shape index (κ3) is 2.81. The zero-order valence-electron chi connectivity index (χ0n) is 18.4. The smallest absolute Gasteiger partial charge is 0.250 e. The summed E-state index contributed by atoms with van der Waals surface area (Å²) in [7, 11) is 0. The first-order valence-corrected chi connectivity index (χ1v) is 12.2. The van der Waals surface area contributed by atoms with Crippen molar-refractivity contribution < 1.29 is 23.6 Å². The molecule has 178 valence electrons. The third-order valence-electron chi connectivity index (χ3n) is 7.57. The quantitative estimate of drug-likeness (QED) is 0.552. The molecule has 4 heterocycles. The van der Waals surface area contributed by atoms with E-state index in [1.54, 1.807) is 0 Å². The van der Waals surface area contributed by atoms with Crippen molar-refractivity contribution in [2.24, 2.45) is 17.6 Å². The molecule has 1 aromatic carbocycles. The van der Waals surface area contributed by atoms with Crippen LogP contribution in [0, 0.1) is 29.0 Å². The van der Waals surface area contributed by atoms with Crippen LogP contribution in [0.25, 0.3) is 0 Å². The van der Waals surface area contributed by atoms with Gasteiger partial charge in [-0.3, -0.25) is 24.5 Å². The molecular weight excluding hydrogens is 473 g/mol. The Bertz CT molecular complexity index is 1400. The van der Waals surface area contributed by atoms with E-state index in [0.717, 1.165) is 40.7 Å².